The van der Waals surface area contributed by atoms with Gasteiger partial charge in [-0.3, -0.25) is 4.79 Å². The van der Waals surface area contributed by atoms with Crippen LogP contribution >= 0.6 is 11.8 Å². The lowest BCUT2D eigenvalue weighted by atomic mass is 10.1. The second-order valence-electron chi connectivity index (χ2n) is 6.46. The normalized spacial score (nSPS) is 12.4. The molecule has 5 heteroatoms. The van der Waals surface area contributed by atoms with E-state index < -0.39 is 0 Å². The van der Waals surface area contributed by atoms with Gasteiger partial charge in [-0.2, -0.15) is 0 Å². The van der Waals surface area contributed by atoms with E-state index >= 15 is 0 Å². The second-order valence-corrected chi connectivity index (χ2v) is 7.51. The van der Waals surface area contributed by atoms with Gasteiger partial charge in [0.25, 0.3) is 5.91 Å². The maximum Gasteiger partial charge on any atom is 0.251 e. The zero-order chi connectivity index (χ0) is 19.2. The summed E-state index contributed by atoms with van der Waals surface area (Å²) in [5.74, 6) is 2.28. The molecule has 1 aliphatic rings. The van der Waals surface area contributed by atoms with Gasteiger partial charge in [0, 0.05) is 22.8 Å². The molecule has 0 aliphatic carbocycles. The van der Waals surface area contributed by atoms with Gasteiger partial charge < -0.3 is 14.8 Å². The molecule has 0 bridgehead atoms. The van der Waals surface area contributed by atoms with Crippen LogP contribution in [0.4, 0.5) is 0 Å². The van der Waals surface area contributed by atoms with Crippen LogP contribution in [0, 0.1) is 0 Å². The third-order valence-electron chi connectivity index (χ3n) is 4.42. The third-order valence-corrected chi connectivity index (χ3v) is 5.51. The van der Waals surface area contributed by atoms with Crippen molar-refractivity contribution in [2.24, 2.45) is 0 Å². The van der Waals surface area contributed by atoms with E-state index in [1.807, 2.05) is 60.7 Å². The van der Waals surface area contributed by atoms with Crippen LogP contribution in [0.25, 0.3) is 0 Å². The van der Waals surface area contributed by atoms with Crippen molar-refractivity contribution in [1.82, 2.24) is 5.32 Å². The molecule has 4 nitrogen and oxygen atoms in total. The molecule has 0 fully saturated rings. The van der Waals surface area contributed by atoms with Gasteiger partial charge in [-0.05, 0) is 47.5 Å². The molecule has 0 unspecified atom stereocenters. The van der Waals surface area contributed by atoms with Crippen molar-refractivity contribution in [3.8, 4) is 11.5 Å². The summed E-state index contributed by atoms with van der Waals surface area (Å²) in [6, 6.07) is 23.8. The summed E-state index contributed by atoms with van der Waals surface area (Å²) in [5.41, 5.74) is 2.83. The van der Waals surface area contributed by atoms with Crippen molar-refractivity contribution >= 4 is 17.7 Å². The number of fused-ring (bicyclic) bond motifs is 1. The van der Waals surface area contributed by atoms with Crippen molar-refractivity contribution in [2.45, 2.75) is 17.2 Å². The van der Waals surface area contributed by atoms with Gasteiger partial charge in [0.1, 0.15) is 13.2 Å². The SMILES string of the molecule is O=C(NCc1ccc2c(c1)OCCO2)c1ccc(CSc2ccccc2)cc1. The zero-order valence-electron chi connectivity index (χ0n) is 15.4. The summed E-state index contributed by atoms with van der Waals surface area (Å²) in [7, 11) is 0. The van der Waals surface area contributed by atoms with Crippen LogP contribution in [-0.4, -0.2) is 19.1 Å². The number of nitrogens with one attached hydrogen (secondary N) is 1. The first kappa shape index (κ1) is 18.4. The van der Waals surface area contributed by atoms with Crippen LogP contribution in [0.3, 0.4) is 0 Å². The van der Waals surface area contributed by atoms with Gasteiger partial charge in [-0.15, -0.1) is 11.8 Å². The molecule has 28 heavy (non-hydrogen) atoms. The Bertz CT molecular complexity index is 942. The van der Waals surface area contributed by atoms with Crippen LogP contribution in [0.2, 0.25) is 0 Å². The quantitative estimate of drug-likeness (QED) is 0.620. The first-order valence-corrected chi connectivity index (χ1v) is 10.2. The van der Waals surface area contributed by atoms with Crippen molar-refractivity contribution in [1.29, 1.82) is 0 Å². The highest BCUT2D eigenvalue weighted by Gasteiger charge is 2.12. The summed E-state index contributed by atoms with van der Waals surface area (Å²) in [6.45, 7) is 1.57. The molecule has 0 radical (unpaired) electrons. The molecule has 142 valence electrons. The molecule has 0 atom stereocenters. The highest BCUT2D eigenvalue weighted by atomic mass is 32.2. The predicted molar refractivity (Wildman–Crippen MR) is 111 cm³/mol. The Hall–Kier alpha value is -2.92. The number of carbonyl (C=O) groups excluding carboxylic acids is 1. The standard InChI is InChI=1S/C23H21NO3S/c25-23(24-15-18-8-11-21-22(14-18)27-13-12-26-21)19-9-6-17(7-10-19)16-28-20-4-2-1-3-5-20/h1-11,14H,12-13,15-16H2,(H,24,25). The summed E-state index contributed by atoms with van der Waals surface area (Å²) in [5, 5.41) is 2.96. The van der Waals surface area contributed by atoms with Gasteiger partial charge in [-0.25, -0.2) is 0 Å². The first-order chi connectivity index (χ1) is 13.8. The lowest BCUT2D eigenvalue weighted by Crippen LogP contribution is -2.23. The zero-order valence-corrected chi connectivity index (χ0v) is 16.2. The van der Waals surface area contributed by atoms with E-state index in [4.69, 9.17) is 9.47 Å². The molecule has 0 spiro atoms. The number of ether oxygens (including phenoxy) is 2. The number of hydrogen-bond acceptors (Lipinski definition) is 4. The highest BCUT2D eigenvalue weighted by Crippen LogP contribution is 2.30. The molecule has 1 amide bonds. The number of amides is 1. The molecule has 0 saturated heterocycles. The van der Waals surface area contributed by atoms with Crippen LogP contribution < -0.4 is 14.8 Å². The minimum Gasteiger partial charge on any atom is -0.486 e. The number of hydrogen-bond donors (Lipinski definition) is 1. The number of rotatable bonds is 6. The predicted octanol–water partition coefficient (Wildman–Crippen LogP) is 4.68. The Morgan fingerprint density at radius 1 is 0.857 bits per heavy atom. The largest absolute Gasteiger partial charge is 0.486 e. The Balaban J connectivity index is 1.31. The summed E-state index contributed by atoms with van der Waals surface area (Å²) in [4.78, 5) is 13.7. The van der Waals surface area contributed by atoms with Gasteiger partial charge >= 0.3 is 0 Å². The molecule has 1 heterocycles. The number of benzene rings is 3. The van der Waals surface area contributed by atoms with Crippen molar-refractivity contribution < 1.29 is 14.3 Å². The maximum absolute atomic E-state index is 12.4. The van der Waals surface area contributed by atoms with Gasteiger partial charge in [0.2, 0.25) is 0 Å². The van der Waals surface area contributed by atoms with Crippen LogP contribution in [0.5, 0.6) is 11.5 Å². The van der Waals surface area contributed by atoms with E-state index in [1.165, 1.54) is 10.5 Å². The van der Waals surface area contributed by atoms with E-state index in [2.05, 4.69) is 17.4 Å². The van der Waals surface area contributed by atoms with E-state index in [9.17, 15) is 4.79 Å². The average Bonchev–Trinajstić information content (AvgIpc) is 2.77. The maximum atomic E-state index is 12.4. The molecule has 3 aromatic carbocycles. The molecule has 3 aromatic rings. The lowest BCUT2D eigenvalue weighted by Gasteiger charge is -2.19. The smallest absolute Gasteiger partial charge is 0.251 e. The fourth-order valence-corrected chi connectivity index (χ4v) is 3.79. The van der Waals surface area contributed by atoms with E-state index in [0.29, 0.717) is 25.3 Å². The summed E-state index contributed by atoms with van der Waals surface area (Å²) < 4.78 is 11.1. The number of thioether (sulfide) groups is 1. The first-order valence-electron chi connectivity index (χ1n) is 9.21. The molecule has 0 aromatic heterocycles. The topological polar surface area (TPSA) is 47.6 Å². The van der Waals surface area contributed by atoms with E-state index in [1.54, 1.807) is 11.8 Å². The number of carbonyl (C=O) groups is 1. The minimum atomic E-state index is -0.0860. The van der Waals surface area contributed by atoms with Crippen LogP contribution in [0.1, 0.15) is 21.5 Å². The monoisotopic (exact) mass is 391 g/mol. The van der Waals surface area contributed by atoms with Crippen molar-refractivity contribution in [3.63, 3.8) is 0 Å². The molecule has 0 saturated carbocycles. The molecule has 4 rings (SSSR count). The Kier molecular flexibility index (Phi) is 5.83. The lowest BCUT2D eigenvalue weighted by molar-refractivity contribution is 0.0951. The van der Waals surface area contributed by atoms with Crippen molar-refractivity contribution in [2.75, 3.05) is 13.2 Å². The fraction of sp³-hybridized carbons (Fsp3) is 0.174. The van der Waals surface area contributed by atoms with Crippen LogP contribution in [0.15, 0.2) is 77.7 Å². The van der Waals surface area contributed by atoms with Gasteiger partial charge in [0.05, 0.1) is 0 Å². The summed E-state index contributed by atoms with van der Waals surface area (Å²) in [6.07, 6.45) is 0. The van der Waals surface area contributed by atoms with E-state index in [-0.39, 0.29) is 5.91 Å². The fourth-order valence-electron chi connectivity index (χ4n) is 2.92. The van der Waals surface area contributed by atoms with Gasteiger partial charge in [0.15, 0.2) is 11.5 Å². The average molecular weight is 391 g/mol. The highest BCUT2D eigenvalue weighted by molar-refractivity contribution is 7.98. The Morgan fingerprint density at radius 2 is 1.57 bits per heavy atom. The Labute approximate surface area is 168 Å². The Morgan fingerprint density at radius 3 is 2.36 bits per heavy atom. The molecule has 1 aliphatic heterocycles. The van der Waals surface area contributed by atoms with Gasteiger partial charge in [-0.1, -0.05) is 36.4 Å². The van der Waals surface area contributed by atoms with Crippen LogP contribution in [-0.2, 0) is 12.3 Å². The minimum absolute atomic E-state index is 0.0860. The second kappa shape index (κ2) is 8.85. The van der Waals surface area contributed by atoms with E-state index in [0.717, 1.165) is 22.8 Å². The molecular formula is C23H21NO3S. The summed E-state index contributed by atoms with van der Waals surface area (Å²) >= 11 is 1.78. The van der Waals surface area contributed by atoms with Crippen molar-refractivity contribution in [3.05, 3.63) is 89.5 Å². The molecular weight excluding hydrogens is 370 g/mol. The third kappa shape index (κ3) is 4.67. The molecule has 1 N–H and O–H groups in total.